The van der Waals surface area contributed by atoms with Crippen LogP contribution in [0.3, 0.4) is 0 Å². The van der Waals surface area contributed by atoms with Crippen LogP contribution in [0.15, 0.2) is 40.5 Å². The lowest BCUT2D eigenvalue weighted by Crippen LogP contribution is -2.30. The van der Waals surface area contributed by atoms with E-state index in [0.29, 0.717) is 22.4 Å². The molecule has 0 radical (unpaired) electrons. The first-order valence-corrected chi connectivity index (χ1v) is 7.72. The van der Waals surface area contributed by atoms with Crippen molar-refractivity contribution in [2.75, 3.05) is 19.5 Å². The number of thioether (sulfide) groups is 1. The molecule has 1 unspecified atom stereocenters. The van der Waals surface area contributed by atoms with E-state index < -0.39 is 12.0 Å². The van der Waals surface area contributed by atoms with E-state index in [0.717, 1.165) is 5.56 Å². The van der Waals surface area contributed by atoms with Crippen LogP contribution in [-0.4, -0.2) is 40.8 Å². The van der Waals surface area contributed by atoms with Crippen LogP contribution in [0.5, 0.6) is 5.75 Å². The summed E-state index contributed by atoms with van der Waals surface area (Å²) in [5.41, 5.74) is 1.51. The Kier molecular flexibility index (Phi) is 5.46. The van der Waals surface area contributed by atoms with Crippen molar-refractivity contribution in [1.29, 1.82) is 0 Å². The van der Waals surface area contributed by atoms with Crippen LogP contribution in [-0.2, 0) is 4.79 Å². The van der Waals surface area contributed by atoms with Crippen molar-refractivity contribution >= 4 is 22.9 Å². The first kappa shape index (κ1) is 16.4. The number of benzene rings is 1. The molecule has 1 aliphatic rings. The molecule has 22 heavy (non-hydrogen) atoms. The number of methoxy groups -OCH3 is 1. The van der Waals surface area contributed by atoms with E-state index in [1.807, 2.05) is 6.07 Å². The molecule has 0 aliphatic carbocycles. The molecule has 3 N–H and O–H groups in total. The van der Waals surface area contributed by atoms with Crippen LogP contribution in [0.1, 0.15) is 18.5 Å². The number of aliphatic hydroxyl groups excluding tert-OH is 1. The fourth-order valence-electron chi connectivity index (χ4n) is 2.19. The average molecular weight is 322 g/mol. The molecule has 1 aromatic rings. The Morgan fingerprint density at radius 2 is 2.27 bits per heavy atom. The Bertz CT molecular complexity index is 628. The zero-order chi connectivity index (χ0) is 16.1. The number of aliphatic carboxylic acids is 1. The van der Waals surface area contributed by atoms with Gasteiger partial charge in [-0.25, -0.2) is 9.79 Å². The van der Waals surface area contributed by atoms with Gasteiger partial charge in [0.25, 0.3) is 0 Å². The summed E-state index contributed by atoms with van der Waals surface area (Å²) < 4.78 is 5.19. The summed E-state index contributed by atoms with van der Waals surface area (Å²) in [4.78, 5) is 16.1. The minimum atomic E-state index is -1.01. The summed E-state index contributed by atoms with van der Waals surface area (Å²) in [5, 5.41) is 22.0. The molecule has 1 heterocycles. The largest absolute Gasteiger partial charge is 0.497 e. The number of nitrogens with one attached hydrogen (secondary N) is 1. The van der Waals surface area contributed by atoms with Gasteiger partial charge in [0.15, 0.2) is 5.17 Å². The summed E-state index contributed by atoms with van der Waals surface area (Å²) in [5.74, 6) is 0.137. The number of carboxylic acids is 1. The third kappa shape index (κ3) is 3.61. The zero-order valence-electron chi connectivity index (χ0n) is 12.4. The van der Waals surface area contributed by atoms with Gasteiger partial charge in [-0.1, -0.05) is 23.9 Å². The lowest BCUT2D eigenvalue weighted by molar-refractivity contribution is -0.133. The van der Waals surface area contributed by atoms with E-state index in [1.54, 1.807) is 32.2 Å². The molecule has 1 aliphatic heterocycles. The van der Waals surface area contributed by atoms with Crippen molar-refractivity contribution in [2.24, 2.45) is 4.99 Å². The minimum Gasteiger partial charge on any atom is -0.497 e. The predicted octanol–water partition coefficient (Wildman–Crippen LogP) is 1.78. The Balaban J connectivity index is 2.42. The van der Waals surface area contributed by atoms with Gasteiger partial charge in [-0.05, 0) is 24.6 Å². The first-order valence-electron chi connectivity index (χ1n) is 6.73. The summed E-state index contributed by atoms with van der Waals surface area (Å²) in [7, 11) is 1.56. The number of nitrogens with zero attached hydrogens (tertiary/aromatic N) is 1. The van der Waals surface area contributed by atoms with Gasteiger partial charge < -0.3 is 20.3 Å². The number of carbonyl (C=O) groups is 1. The maximum absolute atomic E-state index is 11.6. The van der Waals surface area contributed by atoms with E-state index in [9.17, 15) is 9.90 Å². The van der Waals surface area contributed by atoms with E-state index in [4.69, 9.17) is 9.84 Å². The number of amidine groups is 1. The van der Waals surface area contributed by atoms with Crippen LogP contribution < -0.4 is 10.1 Å². The van der Waals surface area contributed by atoms with Crippen molar-refractivity contribution in [1.82, 2.24) is 5.32 Å². The Labute approximate surface area is 132 Å². The normalized spacial score (nSPS) is 17.8. The molecular weight excluding hydrogens is 304 g/mol. The van der Waals surface area contributed by atoms with Crippen LogP contribution in [0, 0.1) is 0 Å². The quantitative estimate of drug-likeness (QED) is 0.765. The lowest BCUT2D eigenvalue weighted by Gasteiger charge is -2.24. The molecule has 1 atom stereocenters. The van der Waals surface area contributed by atoms with Crippen molar-refractivity contribution < 1.29 is 19.7 Å². The molecule has 118 valence electrons. The highest BCUT2D eigenvalue weighted by Gasteiger charge is 2.29. The summed E-state index contributed by atoms with van der Waals surface area (Å²) in [6.45, 7) is 1.74. The lowest BCUT2D eigenvalue weighted by atomic mass is 9.96. The van der Waals surface area contributed by atoms with Crippen molar-refractivity contribution in [3.05, 3.63) is 41.1 Å². The maximum Gasteiger partial charge on any atom is 0.335 e. The van der Waals surface area contributed by atoms with Gasteiger partial charge in [-0.15, -0.1) is 0 Å². The average Bonchev–Trinajstić information content (AvgIpc) is 2.51. The van der Waals surface area contributed by atoms with Crippen LogP contribution in [0.2, 0.25) is 0 Å². The van der Waals surface area contributed by atoms with E-state index >= 15 is 0 Å². The Hall–Kier alpha value is -1.99. The van der Waals surface area contributed by atoms with Gasteiger partial charge in [0.1, 0.15) is 11.8 Å². The molecule has 0 bridgehead atoms. The predicted molar refractivity (Wildman–Crippen MR) is 86.2 cm³/mol. The topological polar surface area (TPSA) is 91.2 Å². The van der Waals surface area contributed by atoms with Gasteiger partial charge in [-0.3, -0.25) is 0 Å². The molecule has 0 spiro atoms. The van der Waals surface area contributed by atoms with Crippen molar-refractivity contribution in [2.45, 2.75) is 13.0 Å². The fourth-order valence-corrected chi connectivity index (χ4v) is 2.88. The van der Waals surface area contributed by atoms with Gasteiger partial charge in [0.05, 0.1) is 19.3 Å². The standard InChI is InChI=1S/C15H18N2O4S/c1-9-12(14(19)20)13(17-15(16-9)22-7-6-18)10-4-3-5-11(8-10)21-2/h3-5,8,13,18H,6-7H2,1-2H3,(H,16,17)(H,19,20). The zero-order valence-corrected chi connectivity index (χ0v) is 13.2. The summed E-state index contributed by atoms with van der Waals surface area (Å²) in [6, 6.07) is 6.61. The number of hydrogen-bond acceptors (Lipinski definition) is 6. The minimum absolute atomic E-state index is 0.0315. The highest BCUT2D eigenvalue weighted by atomic mass is 32.2. The van der Waals surface area contributed by atoms with E-state index in [1.165, 1.54) is 11.8 Å². The first-order chi connectivity index (χ1) is 10.6. The highest BCUT2D eigenvalue weighted by Crippen LogP contribution is 2.33. The number of hydrogen-bond donors (Lipinski definition) is 3. The smallest absolute Gasteiger partial charge is 0.335 e. The number of carboxylic acid groups (broad SMARTS) is 1. The number of rotatable bonds is 5. The Morgan fingerprint density at radius 3 is 2.91 bits per heavy atom. The van der Waals surface area contributed by atoms with Crippen molar-refractivity contribution in [3.63, 3.8) is 0 Å². The van der Waals surface area contributed by atoms with Crippen LogP contribution in [0.25, 0.3) is 0 Å². The molecule has 0 aromatic heterocycles. The summed E-state index contributed by atoms with van der Waals surface area (Å²) >= 11 is 1.35. The third-order valence-electron chi connectivity index (χ3n) is 3.19. The van der Waals surface area contributed by atoms with E-state index in [-0.39, 0.29) is 12.2 Å². The molecular formula is C15H18N2O4S. The second-order valence-corrected chi connectivity index (χ2v) is 5.74. The van der Waals surface area contributed by atoms with Gasteiger partial charge in [-0.2, -0.15) is 0 Å². The van der Waals surface area contributed by atoms with E-state index in [2.05, 4.69) is 10.3 Å². The molecule has 0 fully saturated rings. The molecule has 6 nitrogen and oxygen atoms in total. The molecule has 7 heteroatoms. The molecule has 0 amide bonds. The van der Waals surface area contributed by atoms with Crippen LogP contribution >= 0.6 is 11.8 Å². The number of ether oxygens (including phenoxy) is 1. The molecule has 1 aromatic carbocycles. The number of allylic oxidation sites excluding steroid dienone is 1. The SMILES string of the molecule is COc1cccc(C2N=C(SCCO)NC(C)=C2C(=O)O)c1. The number of aliphatic hydroxyl groups is 1. The highest BCUT2D eigenvalue weighted by molar-refractivity contribution is 8.13. The summed E-state index contributed by atoms with van der Waals surface area (Å²) in [6.07, 6.45) is 0. The molecule has 0 saturated carbocycles. The molecule has 0 saturated heterocycles. The second kappa shape index (κ2) is 7.33. The second-order valence-electron chi connectivity index (χ2n) is 4.65. The monoisotopic (exact) mass is 322 g/mol. The number of aliphatic imine (C=N–C) groups is 1. The Morgan fingerprint density at radius 1 is 1.50 bits per heavy atom. The van der Waals surface area contributed by atoms with Gasteiger partial charge >= 0.3 is 5.97 Å². The van der Waals surface area contributed by atoms with Gasteiger partial charge in [0, 0.05) is 11.4 Å². The van der Waals surface area contributed by atoms with Crippen LogP contribution in [0.4, 0.5) is 0 Å². The van der Waals surface area contributed by atoms with Gasteiger partial charge in [0.2, 0.25) is 0 Å². The maximum atomic E-state index is 11.6. The third-order valence-corrected chi connectivity index (χ3v) is 4.06. The fraction of sp³-hybridized carbons (Fsp3) is 0.333. The molecule has 2 rings (SSSR count). The van der Waals surface area contributed by atoms with Crippen molar-refractivity contribution in [3.8, 4) is 5.75 Å².